The molecule has 1 aromatic carbocycles. The Balaban J connectivity index is 1.80. The van der Waals surface area contributed by atoms with Gasteiger partial charge >= 0.3 is 0 Å². The summed E-state index contributed by atoms with van der Waals surface area (Å²) in [5.41, 5.74) is 5.06. The molecule has 1 aliphatic rings. The van der Waals surface area contributed by atoms with E-state index in [4.69, 9.17) is 0 Å². The van der Waals surface area contributed by atoms with Gasteiger partial charge in [-0.1, -0.05) is 81.9 Å². The molecule has 0 fully saturated rings. The monoisotopic (exact) mass is 298 g/mol. The van der Waals surface area contributed by atoms with E-state index in [0.29, 0.717) is 0 Å². The zero-order chi connectivity index (χ0) is 15.6. The van der Waals surface area contributed by atoms with Crippen molar-refractivity contribution in [2.75, 3.05) is 0 Å². The van der Waals surface area contributed by atoms with E-state index in [2.05, 4.69) is 17.5 Å². The summed E-state index contributed by atoms with van der Waals surface area (Å²) in [6, 6.07) is 9.88. The van der Waals surface area contributed by atoms with Crippen LogP contribution in [0.3, 0.4) is 0 Å². The lowest BCUT2D eigenvalue weighted by molar-refractivity contribution is -0.116. The number of carbonyl (C=O) groups excluding carboxylic acids is 1. The smallest absolute Gasteiger partial charge is 0.267 e. The van der Waals surface area contributed by atoms with Crippen molar-refractivity contribution in [2.45, 2.75) is 58.3 Å². The third-order valence-corrected chi connectivity index (χ3v) is 3.97. The number of hydrazone groups is 1. The van der Waals surface area contributed by atoms with Gasteiger partial charge in [-0.15, -0.1) is 0 Å². The maximum atomic E-state index is 11.9. The van der Waals surface area contributed by atoms with Gasteiger partial charge in [0.05, 0.1) is 5.57 Å². The van der Waals surface area contributed by atoms with Gasteiger partial charge in [0, 0.05) is 5.56 Å². The Hall–Kier alpha value is -1.90. The van der Waals surface area contributed by atoms with Crippen LogP contribution in [0.4, 0.5) is 0 Å². The standard InChI is InChI=1S/C19H26N2O/c1-2-3-4-5-6-7-8-12-15-17-18(20-21-19(17)22)16-13-10-9-11-14-16/h9-11,13-15H,2-8,12H2,1H3,(H,21,22). The average Bonchev–Trinajstić information content (AvgIpc) is 2.92. The molecule has 3 nitrogen and oxygen atoms in total. The second-order valence-electron chi connectivity index (χ2n) is 5.80. The fourth-order valence-electron chi connectivity index (χ4n) is 2.69. The third kappa shape index (κ3) is 4.83. The molecule has 0 saturated heterocycles. The molecule has 0 spiro atoms. The van der Waals surface area contributed by atoms with Crippen LogP contribution in [0, 0.1) is 0 Å². The van der Waals surface area contributed by atoms with E-state index in [1.54, 1.807) is 0 Å². The fourth-order valence-corrected chi connectivity index (χ4v) is 2.69. The molecule has 0 saturated carbocycles. The van der Waals surface area contributed by atoms with Crippen molar-refractivity contribution in [3.05, 3.63) is 47.5 Å². The Labute approximate surface area is 133 Å². The van der Waals surface area contributed by atoms with Crippen molar-refractivity contribution >= 4 is 11.6 Å². The molecule has 1 heterocycles. The van der Waals surface area contributed by atoms with E-state index < -0.39 is 0 Å². The van der Waals surface area contributed by atoms with Crippen molar-refractivity contribution in [1.29, 1.82) is 0 Å². The lowest BCUT2D eigenvalue weighted by Gasteiger charge is -2.02. The first-order valence-corrected chi connectivity index (χ1v) is 8.47. The van der Waals surface area contributed by atoms with Gasteiger partial charge in [0.15, 0.2) is 0 Å². The number of nitrogens with one attached hydrogen (secondary N) is 1. The molecular weight excluding hydrogens is 272 g/mol. The largest absolute Gasteiger partial charge is 0.273 e. The minimum Gasteiger partial charge on any atom is -0.267 e. The fraction of sp³-hybridized carbons (Fsp3) is 0.474. The number of hydrogen-bond acceptors (Lipinski definition) is 2. The highest BCUT2D eigenvalue weighted by molar-refractivity contribution is 6.30. The molecule has 2 rings (SSSR count). The topological polar surface area (TPSA) is 41.5 Å². The SMILES string of the molecule is CCCCCCCCCC=C1C(=O)NN=C1c1ccccc1. The summed E-state index contributed by atoms with van der Waals surface area (Å²) in [6.45, 7) is 2.24. The Kier molecular flexibility index (Phi) is 6.88. The quantitative estimate of drug-likeness (QED) is 0.526. The van der Waals surface area contributed by atoms with Crippen LogP contribution < -0.4 is 5.43 Å². The summed E-state index contributed by atoms with van der Waals surface area (Å²) in [6.07, 6.45) is 12.0. The summed E-state index contributed by atoms with van der Waals surface area (Å²) >= 11 is 0. The molecule has 0 aliphatic carbocycles. The Morgan fingerprint density at radius 2 is 1.68 bits per heavy atom. The number of amides is 1. The number of allylic oxidation sites excluding steroid dienone is 1. The number of nitrogens with zero attached hydrogens (tertiary/aromatic N) is 1. The van der Waals surface area contributed by atoms with Crippen LogP contribution in [-0.2, 0) is 4.79 Å². The summed E-state index contributed by atoms with van der Waals surface area (Å²) in [5.74, 6) is -0.0817. The predicted octanol–water partition coefficient (Wildman–Crippen LogP) is 4.59. The third-order valence-electron chi connectivity index (χ3n) is 3.97. The molecule has 0 bridgehead atoms. The highest BCUT2D eigenvalue weighted by Crippen LogP contribution is 2.16. The van der Waals surface area contributed by atoms with Crippen molar-refractivity contribution in [3.63, 3.8) is 0 Å². The minimum absolute atomic E-state index is 0.0817. The maximum absolute atomic E-state index is 11.9. The molecule has 0 radical (unpaired) electrons. The van der Waals surface area contributed by atoms with Crippen LogP contribution in [0.15, 0.2) is 47.1 Å². The molecule has 0 unspecified atom stereocenters. The van der Waals surface area contributed by atoms with Crippen molar-refractivity contribution in [1.82, 2.24) is 5.43 Å². The molecule has 3 heteroatoms. The van der Waals surface area contributed by atoms with Gasteiger partial charge in [0.2, 0.25) is 0 Å². The summed E-state index contributed by atoms with van der Waals surface area (Å²) in [4.78, 5) is 11.9. The number of rotatable bonds is 9. The molecule has 22 heavy (non-hydrogen) atoms. The van der Waals surface area contributed by atoms with Gasteiger partial charge in [0.1, 0.15) is 5.71 Å². The Morgan fingerprint density at radius 1 is 1.00 bits per heavy atom. The first-order chi connectivity index (χ1) is 10.8. The average molecular weight is 298 g/mol. The number of unbranched alkanes of at least 4 members (excludes halogenated alkanes) is 7. The predicted molar refractivity (Wildman–Crippen MR) is 91.8 cm³/mol. The molecule has 118 valence electrons. The van der Waals surface area contributed by atoms with E-state index in [-0.39, 0.29) is 5.91 Å². The molecule has 1 amide bonds. The first-order valence-electron chi connectivity index (χ1n) is 8.47. The zero-order valence-corrected chi connectivity index (χ0v) is 13.5. The maximum Gasteiger partial charge on any atom is 0.273 e. The molecule has 1 aromatic rings. The van der Waals surface area contributed by atoms with Crippen LogP contribution >= 0.6 is 0 Å². The normalized spacial score (nSPS) is 16.0. The summed E-state index contributed by atoms with van der Waals surface area (Å²) < 4.78 is 0. The summed E-state index contributed by atoms with van der Waals surface area (Å²) in [7, 11) is 0. The highest BCUT2D eigenvalue weighted by atomic mass is 16.2. The van der Waals surface area contributed by atoms with Gasteiger partial charge in [-0.2, -0.15) is 5.10 Å². The van der Waals surface area contributed by atoms with Crippen molar-refractivity contribution < 1.29 is 4.79 Å². The molecular formula is C19H26N2O. The first kappa shape index (κ1) is 16.5. The van der Waals surface area contributed by atoms with Gasteiger partial charge in [-0.25, -0.2) is 5.43 Å². The van der Waals surface area contributed by atoms with Gasteiger partial charge < -0.3 is 0 Å². The van der Waals surface area contributed by atoms with Crippen molar-refractivity contribution in [2.24, 2.45) is 5.10 Å². The van der Waals surface area contributed by atoms with E-state index >= 15 is 0 Å². The van der Waals surface area contributed by atoms with Crippen LogP contribution in [0.1, 0.15) is 63.9 Å². The number of benzene rings is 1. The van der Waals surface area contributed by atoms with E-state index in [0.717, 1.165) is 29.7 Å². The summed E-state index contributed by atoms with van der Waals surface area (Å²) in [5, 5.41) is 4.17. The number of hydrogen-bond donors (Lipinski definition) is 1. The van der Waals surface area contributed by atoms with Crippen LogP contribution in [0.25, 0.3) is 0 Å². The van der Waals surface area contributed by atoms with E-state index in [1.807, 2.05) is 36.4 Å². The van der Waals surface area contributed by atoms with E-state index in [9.17, 15) is 4.79 Å². The van der Waals surface area contributed by atoms with Crippen LogP contribution in [0.5, 0.6) is 0 Å². The molecule has 0 aromatic heterocycles. The highest BCUT2D eigenvalue weighted by Gasteiger charge is 2.22. The Morgan fingerprint density at radius 3 is 2.41 bits per heavy atom. The van der Waals surface area contributed by atoms with Crippen LogP contribution in [0.2, 0.25) is 0 Å². The molecule has 1 aliphatic heterocycles. The zero-order valence-electron chi connectivity index (χ0n) is 13.5. The minimum atomic E-state index is -0.0817. The van der Waals surface area contributed by atoms with Gasteiger partial charge in [0.25, 0.3) is 5.91 Å². The van der Waals surface area contributed by atoms with Gasteiger partial charge in [-0.05, 0) is 12.8 Å². The lowest BCUT2D eigenvalue weighted by atomic mass is 10.0. The molecule has 1 N–H and O–H groups in total. The van der Waals surface area contributed by atoms with Crippen LogP contribution in [-0.4, -0.2) is 11.6 Å². The number of carbonyl (C=O) groups is 1. The molecule has 0 atom stereocenters. The Bertz CT molecular complexity index is 532. The lowest BCUT2D eigenvalue weighted by Crippen LogP contribution is -2.13. The van der Waals surface area contributed by atoms with Gasteiger partial charge in [-0.3, -0.25) is 4.79 Å². The van der Waals surface area contributed by atoms with Crippen molar-refractivity contribution in [3.8, 4) is 0 Å². The van der Waals surface area contributed by atoms with E-state index in [1.165, 1.54) is 38.5 Å². The second-order valence-corrected chi connectivity index (χ2v) is 5.80. The second kappa shape index (κ2) is 9.19.